The van der Waals surface area contributed by atoms with Crippen molar-refractivity contribution in [1.82, 2.24) is 9.88 Å². The van der Waals surface area contributed by atoms with Gasteiger partial charge in [0.05, 0.1) is 11.4 Å². The van der Waals surface area contributed by atoms with Gasteiger partial charge in [-0.2, -0.15) is 0 Å². The summed E-state index contributed by atoms with van der Waals surface area (Å²) in [7, 11) is 0. The van der Waals surface area contributed by atoms with Crippen LogP contribution in [0.25, 0.3) is 0 Å². The van der Waals surface area contributed by atoms with E-state index in [4.69, 9.17) is 5.11 Å². The van der Waals surface area contributed by atoms with Gasteiger partial charge in [-0.15, -0.1) is 11.3 Å². The Labute approximate surface area is 104 Å². The lowest BCUT2D eigenvalue weighted by Crippen LogP contribution is -2.39. The third-order valence-corrected chi connectivity index (χ3v) is 3.22. The van der Waals surface area contributed by atoms with Gasteiger partial charge in [0.2, 0.25) is 0 Å². The molecule has 0 bridgehead atoms. The number of carbonyl (C=O) groups excluding carboxylic acids is 1. The molecule has 0 aliphatic heterocycles. The molecule has 1 unspecified atom stereocenters. The first kappa shape index (κ1) is 13.6. The van der Waals surface area contributed by atoms with Crippen LogP contribution in [0, 0.1) is 6.92 Å². The summed E-state index contributed by atoms with van der Waals surface area (Å²) in [6.45, 7) is 5.87. The van der Waals surface area contributed by atoms with Gasteiger partial charge in [0.15, 0.2) is 0 Å². The van der Waals surface area contributed by atoms with Crippen LogP contribution in [0.5, 0.6) is 0 Å². The summed E-state index contributed by atoms with van der Waals surface area (Å²) in [4.78, 5) is 28.4. The van der Waals surface area contributed by atoms with Crippen molar-refractivity contribution in [1.29, 1.82) is 0 Å². The van der Waals surface area contributed by atoms with E-state index >= 15 is 0 Å². The van der Waals surface area contributed by atoms with Crippen LogP contribution >= 0.6 is 11.3 Å². The van der Waals surface area contributed by atoms with E-state index in [-0.39, 0.29) is 18.4 Å². The van der Waals surface area contributed by atoms with Crippen LogP contribution in [0.2, 0.25) is 0 Å². The molecule has 0 spiro atoms. The Kier molecular flexibility index (Phi) is 4.62. The zero-order valence-corrected chi connectivity index (χ0v) is 11.0. The van der Waals surface area contributed by atoms with Gasteiger partial charge in [-0.1, -0.05) is 0 Å². The number of aromatic nitrogens is 1. The molecule has 1 rings (SSSR count). The molecule has 0 aromatic carbocycles. The second-order valence-electron chi connectivity index (χ2n) is 3.79. The highest BCUT2D eigenvalue weighted by atomic mass is 32.1. The van der Waals surface area contributed by atoms with Gasteiger partial charge in [-0.05, 0) is 20.8 Å². The molecule has 17 heavy (non-hydrogen) atoms. The summed E-state index contributed by atoms with van der Waals surface area (Å²) in [6, 6.07) is -0.327. The van der Waals surface area contributed by atoms with E-state index in [2.05, 4.69) is 4.98 Å². The number of aliphatic carboxylic acids is 1. The molecular formula is C11H16N2O3S. The predicted molar refractivity (Wildman–Crippen MR) is 65.3 cm³/mol. The molecule has 94 valence electrons. The Balaban J connectivity index is 2.80. The van der Waals surface area contributed by atoms with Gasteiger partial charge < -0.3 is 10.0 Å². The fraction of sp³-hybridized carbons (Fsp3) is 0.545. The van der Waals surface area contributed by atoms with Crippen molar-refractivity contribution in [3.8, 4) is 0 Å². The molecule has 0 aliphatic rings. The van der Waals surface area contributed by atoms with E-state index in [0.717, 1.165) is 5.01 Å². The number of hydrogen-bond acceptors (Lipinski definition) is 4. The molecule has 1 aromatic rings. The molecule has 0 fully saturated rings. The quantitative estimate of drug-likeness (QED) is 0.871. The molecule has 0 aliphatic carbocycles. The van der Waals surface area contributed by atoms with Gasteiger partial charge in [-0.25, -0.2) is 4.98 Å². The molecule has 1 atom stereocenters. The second-order valence-corrected chi connectivity index (χ2v) is 4.85. The molecule has 1 N–H and O–H groups in total. The van der Waals surface area contributed by atoms with Crippen molar-refractivity contribution < 1.29 is 14.7 Å². The lowest BCUT2D eigenvalue weighted by molar-refractivity contribution is -0.138. The summed E-state index contributed by atoms with van der Waals surface area (Å²) in [6.07, 6.45) is -0.0529. The molecule has 0 radical (unpaired) electrons. The SMILES string of the molecule is CCN(C(=O)c1csc(C)n1)C(C)CC(=O)O. The van der Waals surface area contributed by atoms with E-state index in [9.17, 15) is 9.59 Å². The highest BCUT2D eigenvalue weighted by Gasteiger charge is 2.23. The average Bonchev–Trinajstić information content (AvgIpc) is 2.64. The Morgan fingerprint density at radius 3 is 2.65 bits per heavy atom. The molecule has 6 heteroatoms. The van der Waals surface area contributed by atoms with Gasteiger partial charge in [-0.3, -0.25) is 9.59 Å². The number of thiazole rings is 1. The van der Waals surface area contributed by atoms with E-state index in [0.29, 0.717) is 12.2 Å². The first-order valence-electron chi connectivity index (χ1n) is 5.40. The minimum absolute atomic E-state index is 0.0529. The van der Waals surface area contributed by atoms with Gasteiger partial charge in [0.25, 0.3) is 5.91 Å². The summed E-state index contributed by atoms with van der Waals surface area (Å²) in [5.41, 5.74) is 0.395. The summed E-state index contributed by atoms with van der Waals surface area (Å²) < 4.78 is 0. The number of carbonyl (C=O) groups is 2. The van der Waals surface area contributed by atoms with E-state index in [1.54, 1.807) is 12.3 Å². The summed E-state index contributed by atoms with van der Waals surface area (Å²) >= 11 is 1.41. The lowest BCUT2D eigenvalue weighted by atomic mass is 10.2. The van der Waals surface area contributed by atoms with Gasteiger partial charge >= 0.3 is 5.97 Å². The second kappa shape index (κ2) is 5.77. The minimum Gasteiger partial charge on any atom is -0.481 e. The number of carboxylic acids is 1. The molecular weight excluding hydrogens is 240 g/mol. The maximum atomic E-state index is 12.1. The number of nitrogens with zero attached hydrogens (tertiary/aromatic N) is 2. The van der Waals surface area contributed by atoms with Crippen molar-refractivity contribution in [2.24, 2.45) is 0 Å². The minimum atomic E-state index is -0.904. The Morgan fingerprint density at radius 2 is 2.24 bits per heavy atom. The third-order valence-electron chi connectivity index (χ3n) is 2.44. The molecule has 5 nitrogen and oxygen atoms in total. The van der Waals surface area contributed by atoms with Crippen molar-refractivity contribution in [3.63, 3.8) is 0 Å². The fourth-order valence-corrected chi connectivity index (χ4v) is 2.21. The first-order chi connectivity index (χ1) is 7.95. The van der Waals surface area contributed by atoms with Crippen LogP contribution in [0.15, 0.2) is 5.38 Å². The maximum Gasteiger partial charge on any atom is 0.305 e. The van der Waals surface area contributed by atoms with E-state index in [1.165, 1.54) is 16.2 Å². The van der Waals surface area contributed by atoms with Crippen LogP contribution in [0.4, 0.5) is 0 Å². The number of hydrogen-bond donors (Lipinski definition) is 1. The Morgan fingerprint density at radius 1 is 1.59 bits per heavy atom. The topological polar surface area (TPSA) is 70.5 Å². The van der Waals surface area contributed by atoms with Crippen LogP contribution in [0.3, 0.4) is 0 Å². The van der Waals surface area contributed by atoms with Crippen LogP contribution in [-0.4, -0.2) is 39.5 Å². The van der Waals surface area contributed by atoms with Crippen LogP contribution in [-0.2, 0) is 4.79 Å². The molecule has 1 amide bonds. The highest BCUT2D eigenvalue weighted by Crippen LogP contribution is 2.13. The van der Waals surface area contributed by atoms with Crippen LogP contribution in [0.1, 0.15) is 35.8 Å². The van der Waals surface area contributed by atoms with Gasteiger partial charge in [0, 0.05) is 18.0 Å². The highest BCUT2D eigenvalue weighted by molar-refractivity contribution is 7.09. The molecule has 1 aromatic heterocycles. The average molecular weight is 256 g/mol. The first-order valence-corrected chi connectivity index (χ1v) is 6.28. The third kappa shape index (κ3) is 3.52. The number of carboxylic acid groups (broad SMARTS) is 1. The maximum absolute atomic E-state index is 12.1. The fourth-order valence-electron chi connectivity index (χ4n) is 1.63. The lowest BCUT2D eigenvalue weighted by Gasteiger charge is -2.26. The van der Waals surface area contributed by atoms with Crippen molar-refractivity contribution in [2.45, 2.75) is 33.2 Å². The largest absolute Gasteiger partial charge is 0.481 e. The number of rotatable bonds is 5. The van der Waals surface area contributed by atoms with Crippen molar-refractivity contribution in [2.75, 3.05) is 6.54 Å². The van der Waals surface area contributed by atoms with Gasteiger partial charge in [0.1, 0.15) is 5.69 Å². The monoisotopic (exact) mass is 256 g/mol. The number of aryl methyl sites for hydroxylation is 1. The Bertz CT molecular complexity index is 417. The van der Waals surface area contributed by atoms with E-state index < -0.39 is 5.97 Å². The summed E-state index contributed by atoms with van der Waals surface area (Å²) in [5, 5.41) is 11.3. The van der Waals surface area contributed by atoms with Crippen LogP contribution < -0.4 is 0 Å². The molecule has 1 heterocycles. The zero-order chi connectivity index (χ0) is 13.0. The molecule has 0 saturated heterocycles. The van der Waals surface area contributed by atoms with Crippen molar-refractivity contribution >= 4 is 23.2 Å². The predicted octanol–water partition coefficient (Wildman–Crippen LogP) is 1.78. The standard InChI is InChI=1S/C11H16N2O3S/c1-4-13(7(2)5-10(14)15)11(16)9-6-17-8(3)12-9/h6-7H,4-5H2,1-3H3,(H,14,15). The summed E-state index contributed by atoms with van der Waals surface area (Å²) in [5.74, 6) is -1.11. The molecule has 0 saturated carbocycles. The van der Waals surface area contributed by atoms with E-state index in [1.807, 2.05) is 13.8 Å². The Hall–Kier alpha value is -1.43. The van der Waals surface area contributed by atoms with Crippen molar-refractivity contribution in [3.05, 3.63) is 16.1 Å². The zero-order valence-electron chi connectivity index (χ0n) is 10.1. The normalized spacial score (nSPS) is 12.2. The number of amides is 1. The smallest absolute Gasteiger partial charge is 0.305 e.